The Labute approximate surface area is 98.6 Å². The third kappa shape index (κ3) is 2.94. The molecule has 0 bridgehead atoms. The smallest absolute Gasteiger partial charge is 0.0791 e. The second-order valence-electron chi connectivity index (χ2n) is 5.47. The van der Waals surface area contributed by atoms with Crippen LogP contribution in [0.25, 0.3) is 0 Å². The number of nitrogens with one attached hydrogen (secondary N) is 1. The zero-order valence-electron chi connectivity index (χ0n) is 10.5. The Morgan fingerprint density at radius 1 is 1.38 bits per heavy atom. The summed E-state index contributed by atoms with van der Waals surface area (Å²) in [6, 6.07) is 1.35. The minimum absolute atomic E-state index is 0.245. The van der Waals surface area contributed by atoms with Gasteiger partial charge in [0.05, 0.1) is 6.10 Å². The van der Waals surface area contributed by atoms with E-state index < -0.39 is 0 Å². The van der Waals surface area contributed by atoms with Crippen LogP contribution in [-0.2, 0) is 0 Å². The van der Waals surface area contributed by atoms with Gasteiger partial charge in [0.15, 0.2) is 0 Å². The van der Waals surface area contributed by atoms with Gasteiger partial charge in [0, 0.05) is 31.7 Å². The summed E-state index contributed by atoms with van der Waals surface area (Å²) < 4.78 is 0. The first-order valence-electron chi connectivity index (χ1n) is 6.47. The van der Waals surface area contributed by atoms with E-state index in [4.69, 9.17) is 0 Å². The number of likely N-dealkylation sites (N-methyl/N-ethyl adjacent to an activating group) is 1. The number of nitrogens with zero attached hydrogens (tertiary/aromatic N) is 2. The number of fused-ring (bicyclic) bond motifs is 1. The molecule has 0 aromatic heterocycles. The molecule has 2 aliphatic rings. The summed E-state index contributed by atoms with van der Waals surface area (Å²) in [6.07, 6.45) is 3.69. The van der Waals surface area contributed by atoms with Gasteiger partial charge in [0.2, 0.25) is 0 Å². The zero-order valence-corrected chi connectivity index (χ0v) is 10.5. The molecule has 0 aromatic carbocycles. The Bertz CT molecular complexity index is 222. The summed E-state index contributed by atoms with van der Waals surface area (Å²) in [7, 11) is 4.00. The molecule has 0 amide bonds. The molecule has 2 aliphatic heterocycles. The highest BCUT2D eigenvalue weighted by atomic mass is 16.3. The van der Waals surface area contributed by atoms with Gasteiger partial charge < -0.3 is 15.3 Å². The lowest BCUT2D eigenvalue weighted by Crippen LogP contribution is -2.44. The van der Waals surface area contributed by atoms with Crippen LogP contribution in [-0.4, -0.2) is 73.4 Å². The maximum atomic E-state index is 9.80. The topological polar surface area (TPSA) is 38.7 Å². The first-order chi connectivity index (χ1) is 7.66. The molecular weight excluding hydrogens is 202 g/mol. The normalized spacial score (nSPS) is 32.2. The molecule has 94 valence electrons. The fraction of sp³-hybridized carbons (Fsp3) is 1.00. The van der Waals surface area contributed by atoms with Crippen molar-refractivity contribution in [3.63, 3.8) is 0 Å². The second kappa shape index (κ2) is 5.45. The van der Waals surface area contributed by atoms with Crippen molar-refractivity contribution in [1.82, 2.24) is 15.1 Å². The van der Waals surface area contributed by atoms with Crippen molar-refractivity contribution in [1.29, 1.82) is 0 Å². The molecule has 2 saturated heterocycles. The van der Waals surface area contributed by atoms with Crippen LogP contribution in [0.4, 0.5) is 0 Å². The number of aliphatic hydroxyl groups is 1. The summed E-state index contributed by atoms with van der Waals surface area (Å²) in [5, 5.41) is 13.3. The van der Waals surface area contributed by atoms with Gasteiger partial charge in [-0.3, -0.25) is 4.90 Å². The van der Waals surface area contributed by atoms with Crippen LogP contribution in [0.5, 0.6) is 0 Å². The molecule has 0 saturated carbocycles. The van der Waals surface area contributed by atoms with Gasteiger partial charge in [-0.25, -0.2) is 0 Å². The summed E-state index contributed by atoms with van der Waals surface area (Å²) in [5.41, 5.74) is 0. The average molecular weight is 227 g/mol. The van der Waals surface area contributed by atoms with Gasteiger partial charge in [0.1, 0.15) is 0 Å². The zero-order chi connectivity index (χ0) is 11.5. The molecule has 4 nitrogen and oxygen atoms in total. The second-order valence-corrected chi connectivity index (χ2v) is 5.47. The maximum Gasteiger partial charge on any atom is 0.0791 e. The Kier molecular flexibility index (Phi) is 4.19. The van der Waals surface area contributed by atoms with Crippen molar-refractivity contribution in [3.05, 3.63) is 0 Å². The van der Waals surface area contributed by atoms with Crippen LogP contribution in [0.2, 0.25) is 0 Å². The fourth-order valence-electron chi connectivity index (χ4n) is 3.09. The molecule has 0 radical (unpaired) electrons. The lowest BCUT2D eigenvalue weighted by Gasteiger charge is -2.23. The van der Waals surface area contributed by atoms with Gasteiger partial charge in [0.25, 0.3) is 0 Å². The van der Waals surface area contributed by atoms with E-state index in [1.54, 1.807) is 0 Å². The SMILES string of the molecule is CN(C)CC(O)CNC1CCN2CCCC12. The van der Waals surface area contributed by atoms with Gasteiger partial charge in [-0.05, 0) is 39.9 Å². The van der Waals surface area contributed by atoms with Crippen LogP contribution in [0.3, 0.4) is 0 Å². The molecular formula is C12H25N3O. The molecule has 2 rings (SSSR count). The Morgan fingerprint density at radius 2 is 2.19 bits per heavy atom. The highest BCUT2D eigenvalue weighted by Crippen LogP contribution is 2.27. The first-order valence-corrected chi connectivity index (χ1v) is 6.47. The Morgan fingerprint density at radius 3 is 2.94 bits per heavy atom. The molecule has 2 heterocycles. The maximum absolute atomic E-state index is 9.80. The van der Waals surface area contributed by atoms with Crippen LogP contribution in [0.15, 0.2) is 0 Å². The molecule has 3 unspecified atom stereocenters. The van der Waals surface area contributed by atoms with E-state index in [0.717, 1.165) is 19.1 Å². The van der Waals surface area contributed by atoms with Gasteiger partial charge in [-0.1, -0.05) is 0 Å². The predicted octanol–water partition coefficient (Wildman–Crippen LogP) is -0.265. The van der Waals surface area contributed by atoms with Crippen LogP contribution in [0, 0.1) is 0 Å². The van der Waals surface area contributed by atoms with Crippen molar-refractivity contribution >= 4 is 0 Å². The third-order valence-corrected chi connectivity index (χ3v) is 3.80. The molecule has 3 atom stereocenters. The quantitative estimate of drug-likeness (QED) is 0.678. The number of aliphatic hydroxyl groups excluding tert-OH is 1. The van der Waals surface area contributed by atoms with Gasteiger partial charge in [-0.2, -0.15) is 0 Å². The highest BCUT2D eigenvalue weighted by molar-refractivity contribution is 4.95. The molecule has 4 heteroatoms. The van der Waals surface area contributed by atoms with Crippen molar-refractivity contribution in [2.75, 3.05) is 40.3 Å². The monoisotopic (exact) mass is 227 g/mol. The number of hydrogen-bond donors (Lipinski definition) is 2. The first kappa shape index (κ1) is 12.3. The van der Waals surface area contributed by atoms with Gasteiger partial charge in [-0.15, -0.1) is 0 Å². The summed E-state index contributed by atoms with van der Waals surface area (Å²) in [4.78, 5) is 4.62. The molecule has 0 spiro atoms. The molecule has 0 aromatic rings. The summed E-state index contributed by atoms with van der Waals surface area (Å²) in [5.74, 6) is 0. The molecule has 16 heavy (non-hydrogen) atoms. The van der Waals surface area contributed by atoms with E-state index in [-0.39, 0.29) is 6.10 Å². The highest BCUT2D eigenvalue weighted by Gasteiger charge is 2.36. The standard InChI is InChI=1S/C12H25N3O/c1-14(2)9-10(16)8-13-11-5-7-15-6-3-4-12(11)15/h10-13,16H,3-9H2,1-2H3. The number of hydrogen-bond acceptors (Lipinski definition) is 4. The van der Waals surface area contributed by atoms with E-state index in [9.17, 15) is 5.11 Å². The van der Waals surface area contributed by atoms with E-state index in [1.165, 1.54) is 32.4 Å². The number of rotatable bonds is 5. The summed E-state index contributed by atoms with van der Waals surface area (Å²) >= 11 is 0. The molecule has 0 aliphatic carbocycles. The minimum Gasteiger partial charge on any atom is -0.390 e. The van der Waals surface area contributed by atoms with Crippen molar-refractivity contribution in [2.45, 2.75) is 37.5 Å². The average Bonchev–Trinajstić information content (AvgIpc) is 2.75. The van der Waals surface area contributed by atoms with E-state index >= 15 is 0 Å². The van der Waals surface area contributed by atoms with E-state index in [1.807, 2.05) is 19.0 Å². The fourth-order valence-corrected chi connectivity index (χ4v) is 3.09. The lowest BCUT2D eigenvalue weighted by atomic mass is 10.1. The largest absolute Gasteiger partial charge is 0.390 e. The van der Waals surface area contributed by atoms with Crippen LogP contribution in [0.1, 0.15) is 19.3 Å². The van der Waals surface area contributed by atoms with Crippen LogP contribution >= 0.6 is 0 Å². The van der Waals surface area contributed by atoms with Gasteiger partial charge >= 0.3 is 0 Å². The Hall–Kier alpha value is -0.160. The Balaban J connectivity index is 1.70. The van der Waals surface area contributed by atoms with Crippen molar-refractivity contribution < 1.29 is 5.11 Å². The van der Waals surface area contributed by atoms with Crippen molar-refractivity contribution in [3.8, 4) is 0 Å². The summed E-state index contributed by atoms with van der Waals surface area (Å²) in [6.45, 7) is 4.00. The van der Waals surface area contributed by atoms with Crippen LogP contribution < -0.4 is 5.32 Å². The van der Waals surface area contributed by atoms with Crippen molar-refractivity contribution in [2.24, 2.45) is 0 Å². The predicted molar refractivity (Wildman–Crippen MR) is 65.6 cm³/mol. The minimum atomic E-state index is -0.245. The molecule has 2 fully saturated rings. The van der Waals surface area contributed by atoms with E-state index in [0.29, 0.717) is 6.04 Å². The molecule has 2 N–H and O–H groups in total. The van der Waals surface area contributed by atoms with E-state index in [2.05, 4.69) is 10.2 Å². The lowest BCUT2D eigenvalue weighted by molar-refractivity contribution is 0.129. The third-order valence-electron chi connectivity index (χ3n) is 3.80.